The van der Waals surface area contributed by atoms with E-state index in [0.717, 1.165) is 20.6 Å². The minimum Gasteiger partial charge on any atom is -0.298 e. The fraction of sp³-hybridized carbons (Fsp3) is 0.0588. The SMILES string of the molecule is Cc1sc(NC(=O)c2ccc(Br)cc2)nc1-c1cccc(Cl)c1. The molecule has 0 unspecified atom stereocenters. The van der Waals surface area contributed by atoms with Crippen LogP contribution in [0.2, 0.25) is 5.02 Å². The summed E-state index contributed by atoms with van der Waals surface area (Å²) >= 11 is 10.8. The molecule has 3 nitrogen and oxygen atoms in total. The summed E-state index contributed by atoms with van der Waals surface area (Å²) < 4.78 is 0.933. The number of nitrogens with zero attached hydrogens (tertiary/aromatic N) is 1. The van der Waals surface area contributed by atoms with E-state index in [1.807, 2.05) is 43.3 Å². The predicted molar refractivity (Wildman–Crippen MR) is 99.4 cm³/mol. The van der Waals surface area contributed by atoms with Crippen LogP contribution in [0.25, 0.3) is 11.3 Å². The number of benzene rings is 2. The zero-order chi connectivity index (χ0) is 16.4. The number of nitrogens with one attached hydrogen (secondary N) is 1. The molecule has 0 radical (unpaired) electrons. The van der Waals surface area contributed by atoms with Crippen LogP contribution in [0.15, 0.2) is 53.0 Å². The van der Waals surface area contributed by atoms with Crippen LogP contribution in [0.3, 0.4) is 0 Å². The fourth-order valence-electron chi connectivity index (χ4n) is 2.12. The zero-order valence-corrected chi connectivity index (χ0v) is 15.3. The summed E-state index contributed by atoms with van der Waals surface area (Å²) in [4.78, 5) is 17.8. The molecule has 0 saturated carbocycles. The van der Waals surface area contributed by atoms with E-state index in [0.29, 0.717) is 15.7 Å². The molecule has 0 aliphatic carbocycles. The van der Waals surface area contributed by atoms with Crippen molar-refractivity contribution in [3.05, 3.63) is 68.5 Å². The molecule has 1 amide bonds. The topological polar surface area (TPSA) is 42.0 Å². The molecule has 6 heteroatoms. The molecule has 0 spiro atoms. The van der Waals surface area contributed by atoms with Crippen molar-refractivity contribution in [2.24, 2.45) is 0 Å². The van der Waals surface area contributed by atoms with Gasteiger partial charge in [-0.2, -0.15) is 0 Å². The molecule has 116 valence electrons. The number of carbonyl (C=O) groups excluding carboxylic acids is 1. The summed E-state index contributed by atoms with van der Waals surface area (Å²) in [6, 6.07) is 14.7. The third-order valence-electron chi connectivity index (χ3n) is 3.22. The number of hydrogen-bond acceptors (Lipinski definition) is 3. The minimum atomic E-state index is -0.177. The summed E-state index contributed by atoms with van der Waals surface area (Å²) in [6.45, 7) is 1.98. The molecule has 2 aromatic carbocycles. The van der Waals surface area contributed by atoms with Crippen LogP contribution in [-0.2, 0) is 0 Å². The molecule has 23 heavy (non-hydrogen) atoms. The second kappa shape index (κ2) is 6.83. The van der Waals surface area contributed by atoms with Gasteiger partial charge in [0, 0.05) is 25.5 Å². The van der Waals surface area contributed by atoms with Gasteiger partial charge in [-0.15, -0.1) is 11.3 Å². The first-order valence-corrected chi connectivity index (χ1v) is 8.82. The van der Waals surface area contributed by atoms with Gasteiger partial charge in [0.1, 0.15) is 0 Å². The Morgan fingerprint density at radius 1 is 1.22 bits per heavy atom. The highest BCUT2D eigenvalue weighted by Gasteiger charge is 2.13. The molecular formula is C17H12BrClN2OS. The van der Waals surface area contributed by atoms with Crippen molar-refractivity contribution in [3.8, 4) is 11.3 Å². The summed E-state index contributed by atoms with van der Waals surface area (Å²) in [5.41, 5.74) is 2.37. The number of rotatable bonds is 3. The van der Waals surface area contributed by atoms with Crippen molar-refractivity contribution < 1.29 is 4.79 Å². The number of amides is 1. The van der Waals surface area contributed by atoms with Gasteiger partial charge in [-0.05, 0) is 43.3 Å². The van der Waals surface area contributed by atoms with Crippen LogP contribution in [-0.4, -0.2) is 10.9 Å². The molecular weight excluding hydrogens is 396 g/mol. The van der Waals surface area contributed by atoms with Gasteiger partial charge in [-0.25, -0.2) is 4.98 Å². The maximum atomic E-state index is 12.3. The van der Waals surface area contributed by atoms with E-state index in [2.05, 4.69) is 26.2 Å². The lowest BCUT2D eigenvalue weighted by molar-refractivity contribution is 0.102. The molecule has 3 rings (SSSR count). The average Bonchev–Trinajstić information content (AvgIpc) is 2.88. The van der Waals surface area contributed by atoms with E-state index in [-0.39, 0.29) is 5.91 Å². The molecule has 0 aliphatic rings. The van der Waals surface area contributed by atoms with E-state index in [9.17, 15) is 4.79 Å². The summed E-state index contributed by atoms with van der Waals surface area (Å²) in [6.07, 6.45) is 0. The van der Waals surface area contributed by atoms with Gasteiger partial charge in [-0.1, -0.05) is 39.7 Å². The first kappa shape index (κ1) is 16.2. The van der Waals surface area contributed by atoms with Crippen molar-refractivity contribution in [1.29, 1.82) is 0 Å². The Hall–Kier alpha value is -1.69. The molecule has 3 aromatic rings. The van der Waals surface area contributed by atoms with Crippen LogP contribution in [0.1, 0.15) is 15.2 Å². The highest BCUT2D eigenvalue weighted by molar-refractivity contribution is 9.10. The van der Waals surface area contributed by atoms with E-state index in [1.165, 1.54) is 11.3 Å². The average molecular weight is 408 g/mol. The quantitative estimate of drug-likeness (QED) is 0.597. The van der Waals surface area contributed by atoms with Gasteiger partial charge in [0.05, 0.1) is 5.69 Å². The number of halogens is 2. The molecule has 1 N–H and O–H groups in total. The monoisotopic (exact) mass is 406 g/mol. The van der Waals surface area contributed by atoms with E-state index < -0.39 is 0 Å². The first-order valence-electron chi connectivity index (χ1n) is 6.83. The van der Waals surface area contributed by atoms with E-state index >= 15 is 0 Å². The third kappa shape index (κ3) is 3.80. The Kier molecular flexibility index (Phi) is 4.80. The summed E-state index contributed by atoms with van der Waals surface area (Å²) in [7, 11) is 0. The van der Waals surface area contributed by atoms with Crippen molar-refractivity contribution in [2.75, 3.05) is 5.32 Å². The van der Waals surface area contributed by atoms with Crippen molar-refractivity contribution >= 4 is 49.9 Å². The Balaban J connectivity index is 1.83. The molecule has 1 aromatic heterocycles. The van der Waals surface area contributed by atoms with Crippen molar-refractivity contribution in [2.45, 2.75) is 6.92 Å². The maximum absolute atomic E-state index is 12.3. The number of anilines is 1. The van der Waals surface area contributed by atoms with Crippen LogP contribution >= 0.6 is 38.9 Å². The molecule has 0 aliphatic heterocycles. The highest BCUT2D eigenvalue weighted by atomic mass is 79.9. The van der Waals surface area contributed by atoms with Crippen molar-refractivity contribution in [3.63, 3.8) is 0 Å². The second-order valence-corrected chi connectivity index (χ2v) is 7.45. The first-order chi connectivity index (χ1) is 11.0. The van der Waals surface area contributed by atoms with E-state index in [4.69, 9.17) is 11.6 Å². The molecule has 0 fully saturated rings. The summed E-state index contributed by atoms with van der Waals surface area (Å²) in [5, 5.41) is 4.08. The third-order valence-corrected chi connectivity index (χ3v) is 4.87. The molecule has 0 saturated heterocycles. The molecule has 1 heterocycles. The number of carbonyl (C=O) groups is 1. The lowest BCUT2D eigenvalue weighted by atomic mass is 10.1. The zero-order valence-electron chi connectivity index (χ0n) is 12.1. The Labute approximate surface area is 151 Å². The Bertz CT molecular complexity index is 861. The second-order valence-electron chi connectivity index (χ2n) is 4.90. The molecule has 0 bridgehead atoms. The largest absolute Gasteiger partial charge is 0.298 e. The number of aryl methyl sites for hydroxylation is 1. The van der Waals surface area contributed by atoms with Gasteiger partial charge in [-0.3, -0.25) is 10.1 Å². The van der Waals surface area contributed by atoms with Crippen LogP contribution < -0.4 is 5.32 Å². The smallest absolute Gasteiger partial charge is 0.257 e. The lowest BCUT2D eigenvalue weighted by Gasteiger charge is -2.02. The molecule has 0 atom stereocenters. The predicted octanol–water partition coefficient (Wildman–Crippen LogP) is 5.79. The summed E-state index contributed by atoms with van der Waals surface area (Å²) in [5.74, 6) is -0.177. The maximum Gasteiger partial charge on any atom is 0.257 e. The number of thiazole rings is 1. The lowest BCUT2D eigenvalue weighted by Crippen LogP contribution is -2.11. The Morgan fingerprint density at radius 3 is 2.65 bits per heavy atom. The van der Waals surface area contributed by atoms with Gasteiger partial charge in [0.15, 0.2) is 5.13 Å². The van der Waals surface area contributed by atoms with Crippen LogP contribution in [0.4, 0.5) is 5.13 Å². The standard InChI is InChI=1S/C17H12BrClN2OS/c1-10-15(12-3-2-4-14(19)9-12)20-17(23-10)21-16(22)11-5-7-13(18)8-6-11/h2-9H,1H3,(H,20,21,22). The van der Waals surface area contributed by atoms with Crippen molar-refractivity contribution in [1.82, 2.24) is 4.98 Å². The Morgan fingerprint density at radius 2 is 1.96 bits per heavy atom. The minimum absolute atomic E-state index is 0.177. The number of hydrogen-bond donors (Lipinski definition) is 1. The van der Waals surface area contributed by atoms with Gasteiger partial charge < -0.3 is 0 Å². The van der Waals surface area contributed by atoms with Crippen LogP contribution in [0.5, 0.6) is 0 Å². The van der Waals surface area contributed by atoms with Crippen LogP contribution in [0, 0.1) is 6.92 Å². The number of aromatic nitrogens is 1. The normalized spacial score (nSPS) is 10.6. The highest BCUT2D eigenvalue weighted by Crippen LogP contribution is 2.31. The van der Waals surface area contributed by atoms with E-state index in [1.54, 1.807) is 12.1 Å². The van der Waals surface area contributed by atoms with Gasteiger partial charge in [0.2, 0.25) is 0 Å². The van der Waals surface area contributed by atoms with Gasteiger partial charge in [0.25, 0.3) is 5.91 Å². The van der Waals surface area contributed by atoms with Gasteiger partial charge >= 0.3 is 0 Å². The fourth-order valence-corrected chi connectivity index (χ4v) is 3.41.